The molecule has 0 spiro atoms. The molecule has 0 atom stereocenters. The normalized spacial score (nSPS) is 22.8. The molecule has 2 rings (SSSR count). The molecule has 0 aromatic heterocycles. The molecule has 0 saturated heterocycles. The highest BCUT2D eigenvalue weighted by Crippen LogP contribution is 2.38. The zero-order valence-electron chi connectivity index (χ0n) is 12.3. The van der Waals surface area contributed by atoms with Crippen molar-refractivity contribution in [2.75, 3.05) is 0 Å². The summed E-state index contributed by atoms with van der Waals surface area (Å²) in [6.45, 7) is 0. The van der Waals surface area contributed by atoms with E-state index in [1.165, 1.54) is 18.6 Å². The molecular formula is C18H23F3. The molecule has 0 aliphatic heterocycles. The number of unbranched alkanes of at least 4 members (excludes halogenated alkanes) is 2. The lowest BCUT2D eigenvalue weighted by atomic mass is 9.77. The maximum Gasteiger partial charge on any atom is 0.159 e. The van der Waals surface area contributed by atoms with Crippen LogP contribution < -0.4 is 0 Å². The van der Waals surface area contributed by atoms with E-state index in [1.54, 1.807) is 12.1 Å². The van der Waals surface area contributed by atoms with Crippen LogP contribution in [-0.4, -0.2) is 0 Å². The van der Waals surface area contributed by atoms with Crippen molar-refractivity contribution in [3.8, 4) is 0 Å². The van der Waals surface area contributed by atoms with Gasteiger partial charge in [-0.15, -0.1) is 0 Å². The molecule has 21 heavy (non-hydrogen) atoms. The summed E-state index contributed by atoms with van der Waals surface area (Å²) in [6.07, 6.45) is 10.8. The zero-order valence-corrected chi connectivity index (χ0v) is 12.3. The van der Waals surface area contributed by atoms with Crippen molar-refractivity contribution >= 4 is 0 Å². The van der Waals surface area contributed by atoms with Gasteiger partial charge in [-0.25, -0.2) is 13.2 Å². The van der Waals surface area contributed by atoms with E-state index in [2.05, 4.69) is 0 Å². The maximum absolute atomic E-state index is 13.3. The summed E-state index contributed by atoms with van der Waals surface area (Å²) in [5, 5.41) is 0. The smallest absolute Gasteiger partial charge is 0.159 e. The molecule has 0 amide bonds. The van der Waals surface area contributed by atoms with Crippen LogP contribution in [0.2, 0.25) is 0 Å². The number of hydrogen-bond donors (Lipinski definition) is 0. The van der Waals surface area contributed by atoms with E-state index in [0.717, 1.165) is 56.4 Å². The summed E-state index contributed by atoms with van der Waals surface area (Å²) in [5.41, 5.74) is 0.931. The van der Waals surface area contributed by atoms with Crippen molar-refractivity contribution in [3.05, 3.63) is 47.8 Å². The van der Waals surface area contributed by atoms with Crippen molar-refractivity contribution in [1.29, 1.82) is 0 Å². The van der Waals surface area contributed by atoms with Gasteiger partial charge in [0.2, 0.25) is 0 Å². The number of hydrogen-bond acceptors (Lipinski definition) is 0. The Morgan fingerprint density at radius 1 is 1.00 bits per heavy atom. The van der Waals surface area contributed by atoms with Gasteiger partial charge in [-0.3, -0.25) is 0 Å². The number of rotatable bonds is 6. The van der Waals surface area contributed by atoms with Gasteiger partial charge in [0.05, 0.1) is 6.33 Å². The molecule has 1 aromatic rings. The largest absolute Gasteiger partial charge is 0.216 e. The third kappa shape index (κ3) is 4.90. The Hall–Kier alpha value is -1.25. The molecule has 3 heteroatoms. The van der Waals surface area contributed by atoms with Crippen LogP contribution >= 0.6 is 0 Å². The molecular weight excluding hydrogens is 273 g/mol. The molecule has 0 bridgehead atoms. The fourth-order valence-corrected chi connectivity index (χ4v) is 3.31. The summed E-state index contributed by atoms with van der Waals surface area (Å²) in [4.78, 5) is 0. The fourth-order valence-electron chi connectivity index (χ4n) is 3.31. The lowest BCUT2D eigenvalue weighted by molar-refractivity contribution is 0.302. The van der Waals surface area contributed by atoms with Gasteiger partial charge in [0.15, 0.2) is 11.6 Å². The Morgan fingerprint density at radius 2 is 1.76 bits per heavy atom. The van der Waals surface area contributed by atoms with Crippen molar-refractivity contribution in [3.63, 3.8) is 0 Å². The first-order valence-corrected chi connectivity index (χ1v) is 7.91. The molecule has 1 aliphatic rings. The molecule has 1 fully saturated rings. The molecule has 0 unspecified atom stereocenters. The van der Waals surface area contributed by atoms with E-state index in [1.807, 2.05) is 0 Å². The van der Waals surface area contributed by atoms with Crippen LogP contribution in [0.4, 0.5) is 13.2 Å². The van der Waals surface area contributed by atoms with Crippen LogP contribution in [0, 0.1) is 17.6 Å². The van der Waals surface area contributed by atoms with E-state index >= 15 is 0 Å². The predicted molar refractivity (Wildman–Crippen MR) is 79.8 cm³/mol. The topological polar surface area (TPSA) is 0 Å². The number of allylic oxidation sites excluding steroid dienone is 1. The number of benzene rings is 1. The molecule has 1 aromatic carbocycles. The van der Waals surface area contributed by atoms with Crippen molar-refractivity contribution < 1.29 is 13.2 Å². The van der Waals surface area contributed by atoms with E-state index in [9.17, 15) is 13.2 Å². The standard InChI is InChI=1S/C18H23F3/c19-12-4-2-1-3-5-14-6-8-15(9-7-14)16-10-11-17(20)18(21)13-16/h4,10-15H,1-3,5-9H2. The Morgan fingerprint density at radius 3 is 2.43 bits per heavy atom. The molecule has 0 nitrogen and oxygen atoms in total. The van der Waals surface area contributed by atoms with Gasteiger partial charge in [-0.1, -0.05) is 25.0 Å². The van der Waals surface area contributed by atoms with Gasteiger partial charge in [0, 0.05) is 0 Å². The van der Waals surface area contributed by atoms with E-state index in [-0.39, 0.29) is 0 Å². The molecule has 0 N–H and O–H groups in total. The Balaban J connectivity index is 1.73. The van der Waals surface area contributed by atoms with Gasteiger partial charge < -0.3 is 0 Å². The quantitative estimate of drug-likeness (QED) is 0.542. The zero-order chi connectivity index (χ0) is 15.1. The highest BCUT2D eigenvalue weighted by Gasteiger charge is 2.22. The first-order valence-electron chi connectivity index (χ1n) is 7.91. The second-order valence-corrected chi connectivity index (χ2v) is 6.04. The summed E-state index contributed by atoms with van der Waals surface area (Å²) in [5.74, 6) is -0.406. The average Bonchev–Trinajstić information content (AvgIpc) is 2.50. The minimum Gasteiger partial charge on any atom is -0.216 e. The van der Waals surface area contributed by atoms with Crippen LogP contribution in [0.25, 0.3) is 0 Å². The molecule has 116 valence electrons. The third-order valence-corrected chi connectivity index (χ3v) is 4.58. The molecule has 0 heterocycles. The predicted octanol–water partition coefficient (Wildman–Crippen LogP) is 6.28. The monoisotopic (exact) mass is 296 g/mol. The highest BCUT2D eigenvalue weighted by atomic mass is 19.2. The van der Waals surface area contributed by atoms with Crippen molar-refractivity contribution in [2.45, 2.75) is 57.3 Å². The second kappa shape index (κ2) is 8.26. The minimum atomic E-state index is -0.769. The molecule has 1 saturated carbocycles. The summed E-state index contributed by atoms with van der Waals surface area (Å²) >= 11 is 0. The van der Waals surface area contributed by atoms with Crippen molar-refractivity contribution in [1.82, 2.24) is 0 Å². The lowest BCUT2D eigenvalue weighted by Crippen LogP contribution is -2.13. The summed E-state index contributed by atoms with van der Waals surface area (Å²) in [6, 6.07) is 4.30. The lowest BCUT2D eigenvalue weighted by Gasteiger charge is -2.29. The Labute approximate surface area is 125 Å². The van der Waals surface area contributed by atoms with Gasteiger partial charge in [0.25, 0.3) is 0 Å². The van der Waals surface area contributed by atoms with Crippen LogP contribution in [0.3, 0.4) is 0 Å². The first-order chi connectivity index (χ1) is 10.2. The van der Waals surface area contributed by atoms with Gasteiger partial charge in [-0.2, -0.15) is 0 Å². The maximum atomic E-state index is 13.3. The second-order valence-electron chi connectivity index (χ2n) is 6.04. The van der Waals surface area contributed by atoms with Crippen LogP contribution in [0.1, 0.15) is 62.8 Å². The van der Waals surface area contributed by atoms with Crippen LogP contribution in [-0.2, 0) is 0 Å². The van der Waals surface area contributed by atoms with E-state index in [0.29, 0.717) is 12.2 Å². The first kappa shape index (κ1) is 16.1. The van der Waals surface area contributed by atoms with Gasteiger partial charge in [-0.05, 0) is 68.1 Å². The average molecular weight is 296 g/mol. The number of halogens is 3. The fraction of sp³-hybridized carbons (Fsp3) is 0.556. The summed E-state index contributed by atoms with van der Waals surface area (Å²) in [7, 11) is 0. The van der Waals surface area contributed by atoms with E-state index < -0.39 is 11.6 Å². The highest BCUT2D eigenvalue weighted by molar-refractivity contribution is 5.22. The van der Waals surface area contributed by atoms with Gasteiger partial charge >= 0.3 is 0 Å². The Kier molecular flexibility index (Phi) is 6.34. The van der Waals surface area contributed by atoms with Crippen LogP contribution in [0.15, 0.2) is 30.6 Å². The SMILES string of the molecule is FC=CCCCCC1CCC(c2ccc(F)c(F)c2)CC1. The Bertz CT molecular complexity index is 460. The van der Waals surface area contributed by atoms with Gasteiger partial charge in [0.1, 0.15) is 0 Å². The summed E-state index contributed by atoms with van der Waals surface area (Å²) < 4.78 is 38.0. The third-order valence-electron chi connectivity index (χ3n) is 4.58. The van der Waals surface area contributed by atoms with Crippen molar-refractivity contribution in [2.24, 2.45) is 5.92 Å². The minimum absolute atomic E-state index is 0.367. The molecule has 1 aliphatic carbocycles. The van der Waals surface area contributed by atoms with Crippen LogP contribution in [0.5, 0.6) is 0 Å². The molecule has 0 radical (unpaired) electrons. The van der Waals surface area contributed by atoms with E-state index in [4.69, 9.17) is 0 Å².